The number of carbonyl (C=O) groups excluding carboxylic acids is 2. The Morgan fingerprint density at radius 3 is 2.78 bits per heavy atom. The Kier molecular flexibility index (Phi) is 5.55. The van der Waals surface area contributed by atoms with E-state index in [4.69, 9.17) is 19.9 Å². The van der Waals surface area contributed by atoms with Crippen LogP contribution in [0.15, 0.2) is 41.0 Å². The maximum Gasteiger partial charge on any atom is 0.340 e. The number of halogens is 2. The van der Waals surface area contributed by atoms with Crippen LogP contribution in [0, 0.1) is 11.6 Å². The Labute approximate surface area is 154 Å². The van der Waals surface area contributed by atoms with Gasteiger partial charge in [-0.25, -0.2) is 13.6 Å². The van der Waals surface area contributed by atoms with E-state index in [2.05, 4.69) is 0 Å². The van der Waals surface area contributed by atoms with E-state index in [9.17, 15) is 18.4 Å². The molecule has 0 unspecified atom stereocenters. The zero-order chi connectivity index (χ0) is 19.6. The number of nitrogens with two attached hydrogens (primary N) is 1. The molecule has 1 atom stereocenters. The fourth-order valence-corrected chi connectivity index (χ4v) is 3.30. The molecule has 2 N–H and O–H groups in total. The topological polar surface area (TPSA) is 87.8 Å². The lowest BCUT2D eigenvalue weighted by Crippen LogP contribution is -2.32. The molecule has 0 aromatic heterocycles. The summed E-state index contributed by atoms with van der Waals surface area (Å²) >= 11 is 0. The Balaban J connectivity index is 2.09. The summed E-state index contributed by atoms with van der Waals surface area (Å²) in [6.45, 7) is 0.104. The van der Waals surface area contributed by atoms with Crippen molar-refractivity contribution >= 4 is 11.8 Å². The van der Waals surface area contributed by atoms with Crippen LogP contribution in [0.25, 0.3) is 0 Å². The molecule has 1 aliphatic heterocycles. The predicted molar refractivity (Wildman–Crippen MR) is 90.1 cm³/mol. The quantitative estimate of drug-likeness (QED) is 0.625. The molecule has 0 bridgehead atoms. The van der Waals surface area contributed by atoms with Gasteiger partial charge in [-0.1, -0.05) is 6.07 Å². The van der Waals surface area contributed by atoms with Gasteiger partial charge in [-0.15, -0.1) is 0 Å². The standard InChI is InChI=1S/C19H19F2NO5/c1-25-7-8-26-19(24)17-15(11-6-5-10(20)9-12(11)21)16-13(23)3-2-4-14(16)27-18(17)22/h5-6,9,15H,2-4,7-8,22H2,1H3/t15-/m0/s1. The van der Waals surface area contributed by atoms with Crippen LogP contribution in [-0.4, -0.2) is 32.1 Å². The molecular formula is C19H19F2NO5. The predicted octanol–water partition coefficient (Wildman–Crippen LogP) is 2.45. The zero-order valence-electron chi connectivity index (χ0n) is 14.7. The number of esters is 1. The van der Waals surface area contributed by atoms with Crippen molar-refractivity contribution < 1.29 is 32.6 Å². The molecule has 0 spiro atoms. The minimum atomic E-state index is -1.11. The molecule has 0 fully saturated rings. The average molecular weight is 379 g/mol. The number of Topliss-reactive ketones (excluding diaryl/α,β-unsaturated/α-hetero) is 1. The molecule has 0 radical (unpaired) electrons. The lowest BCUT2D eigenvalue weighted by molar-refractivity contribution is -0.140. The van der Waals surface area contributed by atoms with E-state index in [1.54, 1.807) is 0 Å². The first-order valence-electron chi connectivity index (χ1n) is 8.48. The fraction of sp³-hybridized carbons (Fsp3) is 0.368. The van der Waals surface area contributed by atoms with Crippen LogP contribution < -0.4 is 5.73 Å². The lowest BCUT2D eigenvalue weighted by Gasteiger charge is -2.32. The minimum Gasteiger partial charge on any atom is -0.460 e. The summed E-state index contributed by atoms with van der Waals surface area (Å²) in [7, 11) is 1.44. The van der Waals surface area contributed by atoms with Crippen LogP contribution in [-0.2, 0) is 23.8 Å². The van der Waals surface area contributed by atoms with Crippen LogP contribution in [0.2, 0.25) is 0 Å². The number of hydrogen-bond donors (Lipinski definition) is 1. The van der Waals surface area contributed by atoms with Crippen LogP contribution in [0.5, 0.6) is 0 Å². The number of carbonyl (C=O) groups is 2. The lowest BCUT2D eigenvalue weighted by atomic mass is 9.77. The second-order valence-electron chi connectivity index (χ2n) is 6.22. The molecule has 1 heterocycles. The molecule has 1 aromatic rings. The van der Waals surface area contributed by atoms with Crippen LogP contribution in [0.4, 0.5) is 8.78 Å². The molecule has 0 amide bonds. The summed E-state index contributed by atoms with van der Waals surface area (Å²) in [6, 6.07) is 2.96. The third kappa shape index (κ3) is 3.71. The molecule has 144 valence electrons. The van der Waals surface area contributed by atoms with E-state index in [-0.39, 0.29) is 48.0 Å². The molecule has 2 aliphatic rings. The minimum absolute atomic E-state index is 0.0379. The van der Waals surface area contributed by atoms with E-state index < -0.39 is 23.5 Å². The number of ether oxygens (including phenoxy) is 3. The number of benzene rings is 1. The van der Waals surface area contributed by atoms with Gasteiger partial charge in [0.25, 0.3) is 0 Å². The fourth-order valence-electron chi connectivity index (χ4n) is 3.30. The summed E-state index contributed by atoms with van der Waals surface area (Å²) in [6.07, 6.45) is 1.25. The van der Waals surface area contributed by atoms with Crippen LogP contribution >= 0.6 is 0 Å². The van der Waals surface area contributed by atoms with Gasteiger partial charge in [-0.05, 0) is 12.5 Å². The Morgan fingerprint density at radius 2 is 2.07 bits per heavy atom. The van der Waals surface area contributed by atoms with Crippen molar-refractivity contribution in [1.29, 1.82) is 0 Å². The van der Waals surface area contributed by atoms with Gasteiger partial charge in [0, 0.05) is 37.2 Å². The van der Waals surface area contributed by atoms with Crippen molar-refractivity contribution in [3.05, 3.63) is 58.2 Å². The first kappa shape index (κ1) is 19.0. The molecule has 3 rings (SSSR count). The Bertz CT molecular complexity index is 847. The van der Waals surface area contributed by atoms with E-state index in [0.29, 0.717) is 24.7 Å². The van der Waals surface area contributed by atoms with Crippen molar-refractivity contribution in [2.24, 2.45) is 5.73 Å². The Hall–Kier alpha value is -2.74. The Morgan fingerprint density at radius 1 is 1.30 bits per heavy atom. The van der Waals surface area contributed by atoms with Gasteiger partial charge >= 0.3 is 5.97 Å². The van der Waals surface area contributed by atoms with E-state index in [1.807, 2.05) is 0 Å². The van der Waals surface area contributed by atoms with Gasteiger partial charge in [0.15, 0.2) is 5.78 Å². The second-order valence-corrected chi connectivity index (χ2v) is 6.22. The second kappa shape index (κ2) is 7.87. The van der Waals surface area contributed by atoms with Crippen LogP contribution in [0.1, 0.15) is 30.7 Å². The molecule has 6 nitrogen and oxygen atoms in total. The van der Waals surface area contributed by atoms with Crippen molar-refractivity contribution in [3.63, 3.8) is 0 Å². The van der Waals surface area contributed by atoms with Crippen molar-refractivity contribution in [1.82, 2.24) is 0 Å². The highest BCUT2D eigenvalue weighted by atomic mass is 19.1. The molecule has 0 saturated heterocycles. The SMILES string of the molecule is COCCOC(=O)C1=C(N)OC2=C(C(=O)CCC2)[C@@H]1c1ccc(F)cc1F. The highest BCUT2D eigenvalue weighted by Crippen LogP contribution is 2.44. The van der Waals surface area contributed by atoms with Gasteiger partial charge < -0.3 is 19.9 Å². The molecular weight excluding hydrogens is 360 g/mol. The highest BCUT2D eigenvalue weighted by Gasteiger charge is 2.42. The molecule has 1 aliphatic carbocycles. The van der Waals surface area contributed by atoms with Gasteiger partial charge in [0.05, 0.1) is 12.5 Å². The third-order valence-corrected chi connectivity index (χ3v) is 4.50. The summed E-state index contributed by atoms with van der Waals surface area (Å²) in [5, 5.41) is 0. The van der Waals surface area contributed by atoms with Crippen molar-refractivity contribution in [2.45, 2.75) is 25.2 Å². The summed E-state index contributed by atoms with van der Waals surface area (Å²) in [5.41, 5.74) is 5.88. The summed E-state index contributed by atoms with van der Waals surface area (Å²) in [4.78, 5) is 25.2. The average Bonchev–Trinajstić information content (AvgIpc) is 2.61. The monoisotopic (exact) mass is 379 g/mol. The van der Waals surface area contributed by atoms with E-state index in [1.165, 1.54) is 13.2 Å². The first-order chi connectivity index (χ1) is 12.9. The summed E-state index contributed by atoms with van der Waals surface area (Å²) < 4.78 is 43.4. The van der Waals surface area contributed by atoms with E-state index in [0.717, 1.165) is 6.07 Å². The molecule has 8 heteroatoms. The number of methoxy groups -OCH3 is 1. The molecule has 27 heavy (non-hydrogen) atoms. The van der Waals surface area contributed by atoms with Gasteiger partial charge in [-0.3, -0.25) is 4.79 Å². The number of allylic oxidation sites excluding steroid dienone is 2. The maximum atomic E-state index is 14.5. The van der Waals surface area contributed by atoms with Crippen LogP contribution in [0.3, 0.4) is 0 Å². The number of rotatable bonds is 5. The normalized spacial score (nSPS) is 19.7. The number of ketones is 1. The maximum absolute atomic E-state index is 14.5. The van der Waals surface area contributed by atoms with Crippen molar-refractivity contribution in [3.8, 4) is 0 Å². The zero-order valence-corrected chi connectivity index (χ0v) is 14.7. The summed E-state index contributed by atoms with van der Waals surface area (Å²) in [5.74, 6) is -3.82. The first-order valence-corrected chi connectivity index (χ1v) is 8.48. The van der Waals surface area contributed by atoms with Gasteiger partial charge in [-0.2, -0.15) is 0 Å². The van der Waals surface area contributed by atoms with E-state index >= 15 is 0 Å². The highest BCUT2D eigenvalue weighted by molar-refractivity contribution is 6.03. The molecule has 1 aromatic carbocycles. The van der Waals surface area contributed by atoms with Gasteiger partial charge in [0.2, 0.25) is 5.88 Å². The third-order valence-electron chi connectivity index (χ3n) is 4.50. The van der Waals surface area contributed by atoms with Gasteiger partial charge in [0.1, 0.15) is 29.6 Å². The van der Waals surface area contributed by atoms with Crippen molar-refractivity contribution in [2.75, 3.05) is 20.3 Å². The number of hydrogen-bond acceptors (Lipinski definition) is 6. The smallest absolute Gasteiger partial charge is 0.340 e. The largest absolute Gasteiger partial charge is 0.460 e. The molecule has 0 saturated carbocycles.